The molecule has 5 rings (SSSR count). The average molecular weight is 489 g/mol. The quantitative estimate of drug-likeness (QED) is 0.622. The standard InChI is InChI=1S/C24H32N4O3S2/c29-23(17-26-11-13-27(14-12-26)20-10-15-33(30,31)18-20)28(16-19-6-2-1-3-7-19)24-25-21-8-4-5-9-22(21)32-24/h1-3,6-7,20H,4-5,8-18H2. The molecule has 1 amide bonds. The number of amides is 1. The first-order valence-electron chi connectivity index (χ1n) is 12.0. The van der Waals surface area contributed by atoms with Crippen LogP contribution < -0.4 is 4.90 Å². The van der Waals surface area contributed by atoms with Gasteiger partial charge in [-0.05, 0) is 37.7 Å². The maximum absolute atomic E-state index is 13.5. The number of nitrogens with zero attached hydrogens (tertiary/aromatic N) is 4. The number of sulfone groups is 1. The van der Waals surface area contributed by atoms with E-state index < -0.39 is 9.84 Å². The first-order chi connectivity index (χ1) is 16.0. The second-order valence-corrected chi connectivity index (χ2v) is 12.7. The number of piperazine rings is 1. The lowest BCUT2D eigenvalue weighted by Gasteiger charge is -2.37. The summed E-state index contributed by atoms with van der Waals surface area (Å²) in [6, 6.07) is 10.3. The number of anilines is 1. The topological polar surface area (TPSA) is 73.8 Å². The van der Waals surface area contributed by atoms with Gasteiger partial charge >= 0.3 is 0 Å². The van der Waals surface area contributed by atoms with Crippen molar-refractivity contribution in [2.45, 2.75) is 44.7 Å². The van der Waals surface area contributed by atoms with Crippen molar-refractivity contribution in [3.05, 3.63) is 46.5 Å². The molecule has 9 heteroatoms. The molecule has 1 atom stereocenters. The van der Waals surface area contributed by atoms with Crippen molar-refractivity contribution in [2.75, 3.05) is 49.1 Å². The molecule has 33 heavy (non-hydrogen) atoms. The number of carbonyl (C=O) groups excluding carboxylic acids is 1. The Bertz CT molecular complexity index is 1050. The molecule has 2 aromatic rings. The van der Waals surface area contributed by atoms with Crippen LogP contribution in [0.4, 0.5) is 5.13 Å². The Kier molecular flexibility index (Phi) is 6.83. The zero-order valence-electron chi connectivity index (χ0n) is 19.0. The van der Waals surface area contributed by atoms with Crippen molar-refractivity contribution >= 4 is 32.2 Å². The lowest BCUT2D eigenvalue weighted by Crippen LogP contribution is -2.53. The Labute approximate surface area is 200 Å². The van der Waals surface area contributed by atoms with E-state index in [1.807, 2.05) is 23.1 Å². The van der Waals surface area contributed by atoms with Gasteiger partial charge in [-0.3, -0.25) is 19.5 Å². The first kappa shape index (κ1) is 23.0. The van der Waals surface area contributed by atoms with Gasteiger partial charge in [0.2, 0.25) is 5.91 Å². The van der Waals surface area contributed by atoms with Gasteiger partial charge in [-0.15, -0.1) is 11.3 Å². The summed E-state index contributed by atoms with van der Waals surface area (Å²) in [6.07, 6.45) is 5.20. The maximum atomic E-state index is 13.5. The highest BCUT2D eigenvalue weighted by atomic mass is 32.2. The minimum absolute atomic E-state index is 0.0850. The highest BCUT2D eigenvalue weighted by molar-refractivity contribution is 7.91. The molecular weight excluding hydrogens is 456 g/mol. The highest BCUT2D eigenvalue weighted by Gasteiger charge is 2.34. The van der Waals surface area contributed by atoms with E-state index >= 15 is 0 Å². The maximum Gasteiger partial charge on any atom is 0.243 e. The van der Waals surface area contributed by atoms with Crippen LogP contribution in [0, 0.1) is 0 Å². The average Bonchev–Trinajstić information content (AvgIpc) is 3.41. The van der Waals surface area contributed by atoms with Gasteiger partial charge in [0, 0.05) is 37.1 Å². The third-order valence-electron chi connectivity index (χ3n) is 7.04. The van der Waals surface area contributed by atoms with Crippen LogP contribution in [-0.4, -0.2) is 79.4 Å². The molecule has 1 aromatic carbocycles. The van der Waals surface area contributed by atoms with Gasteiger partial charge in [0.25, 0.3) is 0 Å². The molecule has 3 aliphatic rings. The van der Waals surface area contributed by atoms with Crippen molar-refractivity contribution in [1.29, 1.82) is 0 Å². The van der Waals surface area contributed by atoms with Gasteiger partial charge in [-0.2, -0.15) is 0 Å². The lowest BCUT2D eigenvalue weighted by molar-refractivity contribution is -0.120. The van der Waals surface area contributed by atoms with Crippen LogP contribution in [0.25, 0.3) is 0 Å². The normalized spacial score (nSPS) is 23.3. The Morgan fingerprint density at radius 2 is 1.85 bits per heavy atom. The van der Waals surface area contributed by atoms with Gasteiger partial charge in [0.1, 0.15) is 0 Å². The zero-order valence-corrected chi connectivity index (χ0v) is 20.6. The number of fused-ring (bicyclic) bond motifs is 1. The fraction of sp³-hybridized carbons (Fsp3) is 0.583. The number of rotatable bonds is 6. The number of hydrogen-bond donors (Lipinski definition) is 0. The Morgan fingerprint density at radius 3 is 2.55 bits per heavy atom. The van der Waals surface area contributed by atoms with Crippen molar-refractivity contribution in [1.82, 2.24) is 14.8 Å². The SMILES string of the molecule is O=C(CN1CCN(C2CCS(=O)(=O)C2)CC1)N(Cc1ccccc1)c1nc2c(s1)CCCC2. The summed E-state index contributed by atoms with van der Waals surface area (Å²) >= 11 is 1.68. The van der Waals surface area contributed by atoms with Gasteiger partial charge in [0.15, 0.2) is 15.0 Å². The minimum atomic E-state index is -2.87. The fourth-order valence-corrected chi connectivity index (χ4v) is 8.04. The molecule has 2 saturated heterocycles. The molecule has 3 heterocycles. The van der Waals surface area contributed by atoms with Crippen LogP contribution in [0.3, 0.4) is 0 Å². The van der Waals surface area contributed by atoms with Crippen molar-refractivity contribution in [2.24, 2.45) is 0 Å². The van der Waals surface area contributed by atoms with Crippen LogP contribution >= 0.6 is 11.3 Å². The monoisotopic (exact) mass is 488 g/mol. The largest absolute Gasteiger partial charge is 0.297 e. The number of aryl methyl sites for hydroxylation is 2. The van der Waals surface area contributed by atoms with E-state index in [4.69, 9.17) is 4.98 Å². The second kappa shape index (κ2) is 9.82. The third-order valence-corrected chi connectivity index (χ3v) is 9.97. The molecule has 0 N–H and O–H groups in total. The molecule has 2 aliphatic heterocycles. The van der Waals surface area contributed by atoms with E-state index in [0.29, 0.717) is 18.8 Å². The first-order valence-corrected chi connectivity index (χ1v) is 14.6. The molecule has 0 saturated carbocycles. The van der Waals surface area contributed by atoms with Gasteiger partial charge in [0.05, 0.1) is 30.3 Å². The highest BCUT2D eigenvalue weighted by Crippen LogP contribution is 2.32. The van der Waals surface area contributed by atoms with E-state index in [2.05, 4.69) is 21.9 Å². The molecule has 1 unspecified atom stereocenters. The molecule has 2 fully saturated rings. The Balaban J connectivity index is 1.25. The fourth-order valence-electron chi connectivity index (χ4n) is 5.11. The van der Waals surface area contributed by atoms with E-state index in [1.165, 1.54) is 23.4 Å². The summed E-state index contributed by atoms with van der Waals surface area (Å²) in [5, 5.41) is 0.825. The number of thiazole rings is 1. The molecule has 178 valence electrons. The van der Waals surface area contributed by atoms with E-state index in [0.717, 1.165) is 56.1 Å². The second-order valence-electron chi connectivity index (χ2n) is 9.41. The van der Waals surface area contributed by atoms with Crippen molar-refractivity contribution in [3.8, 4) is 0 Å². The van der Waals surface area contributed by atoms with Crippen LogP contribution in [-0.2, 0) is 34.0 Å². The predicted molar refractivity (Wildman–Crippen MR) is 131 cm³/mol. The van der Waals surface area contributed by atoms with Crippen LogP contribution in [0.1, 0.15) is 35.4 Å². The van der Waals surface area contributed by atoms with Crippen LogP contribution in [0.2, 0.25) is 0 Å². The smallest absolute Gasteiger partial charge is 0.243 e. The molecule has 1 aromatic heterocycles. The van der Waals surface area contributed by atoms with Crippen molar-refractivity contribution < 1.29 is 13.2 Å². The number of aromatic nitrogens is 1. The van der Waals surface area contributed by atoms with E-state index in [9.17, 15) is 13.2 Å². The van der Waals surface area contributed by atoms with E-state index in [-0.39, 0.29) is 17.7 Å². The number of benzene rings is 1. The van der Waals surface area contributed by atoms with Crippen LogP contribution in [0.15, 0.2) is 30.3 Å². The summed E-state index contributed by atoms with van der Waals surface area (Å²) in [5.74, 6) is 0.676. The van der Waals surface area contributed by atoms with Gasteiger partial charge in [-0.1, -0.05) is 30.3 Å². The minimum Gasteiger partial charge on any atom is -0.297 e. The molecular formula is C24H32N4O3S2. The summed E-state index contributed by atoms with van der Waals surface area (Å²) in [6.45, 7) is 4.11. The summed E-state index contributed by atoms with van der Waals surface area (Å²) in [4.78, 5) is 26.1. The summed E-state index contributed by atoms with van der Waals surface area (Å²) in [5.41, 5.74) is 2.28. The van der Waals surface area contributed by atoms with Crippen LogP contribution in [0.5, 0.6) is 0 Å². The summed E-state index contributed by atoms with van der Waals surface area (Å²) < 4.78 is 23.7. The Morgan fingerprint density at radius 1 is 1.09 bits per heavy atom. The summed E-state index contributed by atoms with van der Waals surface area (Å²) in [7, 11) is -2.87. The van der Waals surface area contributed by atoms with Crippen molar-refractivity contribution in [3.63, 3.8) is 0 Å². The number of hydrogen-bond acceptors (Lipinski definition) is 7. The molecule has 7 nitrogen and oxygen atoms in total. The van der Waals surface area contributed by atoms with E-state index in [1.54, 1.807) is 11.3 Å². The number of carbonyl (C=O) groups is 1. The third kappa shape index (κ3) is 5.48. The molecule has 0 bridgehead atoms. The Hall–Kier alpha value is -1.81. The zero-order chi connectivity index (χ0) is 22.8. The molecule has 0 radical (unpaired) electrons. The molecule has 0 spiro atoms. The molecule has 1 aliphatic carbocycles. The predicted octanol–water partition coefficient (Wildman–Crippen LogP) is 2.36. The van der Waals surface area contributed by atoms with Gasteiger partial charge < -0.3 is 0 Å². The lowest BCUT2D eigenvalue weighted by atomic mass is 10.0. The van der Waals surface area contributed by atoms with Gasteiger partial charge in [-0.25, -0.2) is 13.4 Å².